The highest BCUT2D eigenvalue weighted by molar-refractivity contribution is 7.91. The molecule has 3 aliphatic carbocycles. The number of hydrogen-bond acceptors (Lipinski definition) is 5. The Morgan fingerprint density at radius 3 is 2.23 bits per heavy atom. The zero-order valence-corrected chi connectivity index (χ0v) is 18.5. The van der Waals surface area contributed by atoms with Crippen molar-refractivity contribution in [3.63, 3.8) is 0 Å². The molecule has 0 spiro atoms. The third-order valence-corrected chi connectivity index (χ3v) is 8.97. The van der Waals surface area contributed by atoms with Crippen molar-refractivity contribution in [3.8, 4) is 5.75 Å². The summed E-state index contributed by atoms with van der Waals surface area (Å²) in [5.41, 5.74) is 5.31. The third-order valence-electron chi connectivity index (χ3n) is 6.99. The lowest BCUT2D eigenvalue weighted by atomic mass is 9.53. The first-order chi connectivity index (χ1) is 14.3. The van der Waals surface area contributed by atoms with E-state index < -0.39 is 9.84 Å². The highest BCUT2D eigenvalue weighted by Gasteiger charge is 2.52. The number of carbonyl (C=O) groups excluding carboxylic acids is 1. The monoisotopic (exact) mass is 437 g/mol. The van der Waals surface area contributed by atoms with Gasteiger partial charge in [-0.3, -0.25) is 4.79 Å². The molecule has 0 heterocycles. The summed E-state index contributed by atoms with van der Waals surface area (Å²) in [5.74, 6) is 0.965. The molecule has 3 fully saturated rings. The van der Waals surface area contributed by atoms with Crippen molar-refractivity contribution in [2.24, 2.45) is 16.6 Å². The molecule has 0 aromatic heterocycles. The van der Waals surface area contributed by atoms with E-state index in [2.05, 4.69) is 0 Å². The molecular formula is C23H32FNO4S. The second kappa shape index (κ2) is 9.18. The van der Waals surface area contributed by atoms with Gasteiger partial charge in [0.25, 0.3) is 0 Å². The Morgan fingerprint density at radius 1 is 1.13 bits per heavy atom. The van der Waals surface area contributed by atoms with Crippen molar-refractivity contribution in [3.05, 3.63) is 36.2 Å². The molecule has 5 nitrogen and oxygen atoms in total. The molecule has 7 heteroatoms. The lowest BCUT2D eigenvalue weighted by Crippen LogP contribution is -2.48. The predicted molar refractivity (Wildman–Crippen MR) is 115 cm³/mol. The minimum absolute atomic E-state index is 0.0285. The molecule has 0 aliphatic heterocycles. The number of halogens is 1. The van der Waals surface area contributed by atoms with Gasteiger partial charge in [0, 0.05) is 24.0 Å². The van der Waals surface area contributed by atoms with Crippen molar-refractivity contribution in [2.75, 3.05) is 18.9 Å². The van der Waals surface area contributed by atoms with Crippen LogP contribution in [-0.4, -0.2) is 33.1 Å². The Hall–Kier alpha value is -1.73. The van der Waals surface area contributed by atoms with E-state index in [1.165, 1.54) is 0 Å². The average Bonchev–Trinajstić information content (AvgIpc) is 2.75. The van der Waals surface area contributed by atoms with E-state index in [1.54, 1.807) is 24.3 Å². The van der Waals surface area contributed by atoms with Crippen LogP contribution in [0.1, 0.15) is 58.3 Å². The fraction of sp³-hybridized carbons (Fsp3) is 0.609. The first-order valence-electron chi connectivity index (χ1n) is 10.8. The number of carbonyl (C=O) groups is 1. The first-order valence-corrected chi connectivity index (χ1v) is 12.4. The van der Waals surface area contributed by atoms with Crippen LogP contribution in [0.4, 0.5) is 4.39 Å². The number of fused-ring (bicyclic) bond motifs is 3. The van der Waals surface area contributed by atoms with Gasteiger partial charge < -0.3 is 10.5 Å². The van der Waals surface area contributed by atoms with Gasteiger partial charge >= 0.3 is 0 Å². The van der Waals surface area contributed by atoms with Gasteiger partial charge in [0.05, 0.1) is 17.0 Å². The van der Waals surface area contributed by atoms with Gasteiger partial charge in [0.2, 0.25) is 0 Å². The van der Waals surface area contributed by atoms with E-state index >= 15 is 0 Å². The summed E-state index contributed by atoms with van der Waals surface area (Å²) in [4.78, 5) is 12.9. The Labute approximate surface area is 178 Å². The SMILES string of the molecule is CCCC(=O)C12CCC(CS(=O)(=O)c3ccc(OC/C(=C/F)CN)cc3)(CC1)CC2. The molecule has 0 atom stereocenters. The Morgan fingerprint density at radius 2 is 1.73 bits per heavy atom. The maximum absolute atomic E-state index is 13.1. The van der Waals surface area contributed by atoms with E-state index in [4.69, 9.17) is 10.5 Å². The van der Waals surface area contributed by atoms with Crippen molar-refractivity contribution in [1.82, 2.24) is 0 Å². The molecule has 2 N–H and O–H groups in total. The molecule has 1 aromatic carbocycles. The summed E-state index contributed by atoms with van der Waals surface area (Å²) >= 11 is 0. The third kappa shape index (κ3) is 4.78. The smallest absolute Gasteiger partial charge is 0.178 e. The van der Waals surface area contributed by atoms with Crippen LogP contribution < -0.4 is 10.5 Å². The van der Waals surface area contributed by atoms with Crippen LogP contribution in [0, 0.1) is 10.8 Å². The molecule has 30 heavy (non-hydrogen) atoms. The van der Waals surface area contributed by atoms with E-state index in [-0.39, 0.29) is 34.6 Å². The molecule has 0 radical (unpaired) electrons. The van der Waals surface area contributed by atoms with Crippen LogP contribution in [0.25, 0.3) is 0 Å². The maximum Gasteiger partial charge on any atom is 0.178 e. The van der Waals surface area contributed by atoms with Gasteiger partial charge in [-0.2, -0.15) is 0 Å². The summed E-state index contributed by atoms with van der Waals surface area (Å²) in [5, 5.41) is 0. The van der Waals surface area contributed by atoms with Crippen molar-refractivity contribution >= 4 is 15.6 Å². The summed E-state index contributed by atoms with van der Waals surface area (Å²) in [6.45, 7) is 2.12. The van der Waals surface area contributed by atoms with E-state index in [1.807, 2.05) is 6.92 Å². The minimum Gasteiger partial charge on any atom is -0.489 e. The number of nitrogens with two attached hydrogens (primary N) is 1. The maximum atomic E-state index is 13.1. The van der Waals surface area contributed by atoms with Crippen LogP contribution >= 0.6 is 0 Å². The van der Waals surface area contributed by atoms with Crippen LogP contribution in [0.15, 0.2) is 41.1 Å². The molecule has 0 amide bonds. The lowest BCUT2D eigenvalue weighted by Gasteiger charge is -2.52. The van der Waals surface area contributed by atoms with Gasteiger partial charge in [-0.05, 0) is 74.6 Å². The number of ketones is 1. The Balaban J connectivity index is 1.64. The van der Waals surface area contributed by atoms with Crippen LogP contribution in [0.2, 0.25) is 0 Å². The summed E-state index contributed by atoms with van der Waals surface area (Å²) < 4.78 is 44.2. The second-order valence-electron chi connectivity index (χ2n) is 8.94. The number of Topliss-reactive ketones (excluding diaryl/α,β-unsaturated/α-hetero) is 1. The topological polar surface area (TPSA) is 86.5 Å². The molecule has 4 rings (SSSR count). The van der Waals surface area contributed by atoms with E-state index in [9.17, 15) is 17.6 Å². The Kier molecular flexibility index (Phi) is 7.02. The number of hydrogen-bond donors (Lipinski definition) is 1. The minimum atomic E-state index is -3.45. The Bertz CT molecular complexity index is 868. The van der Waals surface area contributed by atoms with Crippen LogP contribution in [-0.2, 0) is 14.6 Å². The molecule has 1 aromatic rings. The van der Waals surface area contributed by atoms with Crippen molar-refractivity contribution < 1.29 is 22.3 Å². The molecule has 2 bridgehead atoms. The average molecular weight is 438 g/mol. The molecule has 0 unspecified atom stereocenters. The number of ether oxygens (including phenoxy) is 1. The van der Waals surface area contributed by atoms with Crippen LogP contribution in [0.3, 0.4) is 0 Å². The first kappa shape index (κ1) is 22.9. The number of rotatable bonds is 10. The molecule has 0 saturated heterocycles. The lowest BCUT2D eigenvalue weighted by molar-refractivity contribution is -0.137. The molecule has 3 saturated carbocycles. The highest BCUT2D eigenvalue weighted by atomic mass is 32.2. The summed E-state index contributed by atoms with van der Waals surface area (Å²) in [6, 6.07) is 6.27. The van der Waals surface area contributed by atoms with Gasteiger partial charge in [-0.15, -0.1) is 0 Å². The highest BCUT2D eigenvalue weighted by Crippen LogP contribution is 2.58. The van der Waals surface area contributed by atoms with Gasteiger partial charge in [0.15, 0.2) is 9.84 Å². The summed E-state index contributed by atoms with van der Waals surface area (Å²) in [7, 11) is -3.45. The fourth-order valence-corrected chi connectivity index (χ4v) is 6.89. The van der Waals surface area contributed by atoms with Crippen molar-refractivity contribution in [1.29, 1.82) is 0 Å². The number of benzene rings is 1. The van der Waals surface area contributed by atoms with E-state index in [0.29, 0.717) is 29.9 Å². The normalized spacial score (nSPS) is 26.6. The molecule has 166 valence electrons. The van der Waals surface area contributed by atoms with Crippen LogP contribution in [0.5, 0.6) is 5.75 Å². The van der Waals surface area contributed by atoms with Gasteiger partial charge in [0.1, 0.15) is 18.1 Å². The van der Waals surface area contributed by atoms with Crippen molar-refractivity contribution in [2.45, 2.75) is 63.2 Å². The number of sulfone groups is 1. The fourth-order valence-electron chi connectivity index (χ4n) is 4.93. The van der Waals surface area contributed by atoms with E-state index in [0.717, 1.165) is 44.9 Å². The summed E-state index contributed by atoms with van der Waals surface area (Å²) in [6.07, 6.45) is 6.81. The largest absolute Gasteiger partial charge is 0.489 e. The van der Waals surface area contributed by atoms with Gasteiger partial charge in [-0.25, -0.2) is 12.8 Å². The zero-order chi connectivity index (χ0) is 21.8. The molecular weight excluding hydrogens is 405 g/mol. The quantitative estimate of drug-likeness (QED) is 0.588. The second-order valence-corrected chi connectivity index (χ2v) is 10.9. The molecule has 3 aliphatic rings. The van der Waals surface area contributed by atoms with Gasteiger partial charge in [-0.1, -0.05) is 6.92 Å². The zero-order valence-electron chi connectivity index (χ0n) is 17.7. The predicted octanol–water partition coefficient (Wildman–Crippen LogP) is 4.36. The standard InChI is InChI=1S/C23H32FNO4S/c1-2-3-21(26)23-11-8-22(9-12-23,10-13-23)17-30(27,28)20-6-4-19(5-7-20)29-16-18(14-24)15-25/h4-7,14H,2-3,8-13,15-17,25H2,1H3/b18-14+.